The van der Waals surface area contributed by atoms with Crippen molar-refractivity contribution in [2.75, 3.05) is 26.3 Å². The highest BCUT2D eigenvalue weighted by molar-refractivity contribution is 5.99. The number of carbonyl (C=O) groups excluding carboxylic acids is 3. The number of piperazine rings is 1. The van der Waals surface area contributed by atoms with Crippen LogP contribution in [-0.4, -0.2) is 55.0 Å². The molecule has 28 heavy (non-hydrogen) atoms. The molecule has 2 amide bonds. The van der Waals surface area contributed by atoms with Crippen molar-refractivity contribution in [3.05, 3.63) is 29.8 Å². The van der Waals surface area contributed by atoms with Gasteiger partial charge < -0.3 is 19.7 Å². The Labute approximate surface area is 166 Å². The molecule has 0 radical (unpaired) electrons. The van der Waals surface area contributed by atoms with Crippen molar-refractivity contribution < 1.29 is 23.9 Å². The van der Waals surface area contributed by atoms with E-state index in [4.69, 9.17) is 9.47 Å². The number of amides is 2. The van der Waals surface area contributed by atoms with Crippen molar-refractivity contribution in [2.45, 2.75) is 52.0 Å². The van der Waals surface area contributed by atoms with Gasteiger partial charge in [-0.3, -0.25) is 14.4 Å². The van der Waals surface area contributed by atoms with E-state index in [1.807, 2.05) is 6.92 Å². The number of hydrogen-bond donors (Lipinski definition) is 1. The van der Waals surface area contributed by atoms with Crippen molar-refractivity contribution in [3.63, 3.8) is 0 Å². The molecular weight excluding hydrogens is 360 g/mol. The first-order valence-electron chi connectivity index (χ1n) is 10.0. The summed E-state index contributed by atoms with van der Waals surface area (Å²) in [5.74, 6) is -0.467. The molecule has 0 unspecified atom stereocenters. The van der Waals surface area contributed by atoms with Crippen molar-refractivity contribution in [1.29, 1.82) is 0 Å². The molecular formula is C21H30N2O5. The van der Waals surface area contributed by atoms with Crippen LogP contribution in [-0.2, 0) is 14.3 Å². The summed E-state index contributed by atoms with van der Waals surface area (Å²) in [7, 11) is 0. The number of carbonyl (C=O) groups is 3. The molecule has 1 fully saturated rings. The number of hydrogen-bond acceptors (Lipinski definition) is 5. The van der Waals surface area contributed by atoms with Crippen LogP contribution in [0, 0.1) is 0 Å². The van der Waals surface area contributed by atoms with Crippen LogP contribution in [0.2, 0.25) is 0 Å². The second-order valence-corrected chi connectivity index (χ2v) is 6.81. The first-order chi connectivity index (χ1) is 13.6. The van der Waals surface area contributed by atoms with Crippen LogP contribution in [0.3, 0.4) is 0 Å². The van der Waals surface area contributed by atoms with Crippen molar-refractivity contribution in [1.82, 2.24) is 10.2 Å². The normalized spacial score (nSPS) is 16.4. The number of unbranched alkanes of at least 4 members (excludes halogenated alkanes) is 2. The molecule has 1 saturated heterocycles. The van der Waals surface area contributed by atoms with Gasteiger partial charge in [-0.1, -0.05) is 32.8 Å². The largest absolute Gasteiger partial charge is 0.494 e. The van der Waals surface area contributed by atoms with E-state index in [0.717, 1.165) is 25.7 Å². The molecule has 7 heteroatoms. The van der Waals surface area contributed by atoms with Crippen LogP contribution in [0.5, 0.6) is 5.75 Å². The SMILES string of the molecule is CCCCOC(=O)C[C@@H]1C(=O)NCCN1C(=O)c1cccc(OCCCC)c1. The van der Waals surface area contributed by atoms with Crippen LogP contribution < -0.4 is 10.1 Å². The summed E-state index contributed by atoms with van der Waals surface area (Å²) in [4.78, 5) is 38.9. The predicted octanol–water partition coefficient (Wildman–Crippen LogP) is 2.54. The summed E-state index contributed by atoms with van der Waals surface area (Å²) in [6.45, 7) is 5.71. The number of ether oxygens (including phenoxy) is 2. The second kappa shape index (κ2) is 11.3. The first kappa shape index (κ1) is 21.7. The lowest BCUT2D eigenvalue weighted by Gasteiger charge is -2.34. The van der Waals surface area contributed by atoms with Gasteiger partial charge in [0.15, 0.2) is 0 Å². The van der Waals surface area contributed by atoms with E-state index in [0.29, 0.717) is 37.6 Å². The lowest BCUT2D eigenvalue weighted by Crippen LogP contribution is -2.57. The molecule has 1 heterocycles. The van der Waals surface area contributed by atoms with Crippen LogP contribution in [0.25, 0.3) is 0 Å². The lowest BCUT2D eigenvalue weighted by molar-refractivity contribution is -0.147. The number of rotatable bonds is 10. The minimum absolute atomic E-state index is 0.145. The Kier molecular flexibility index (Phi) is 8.78. The van der Waals surface area contributed by atoms with E-state index in [1.54, 1.807) is 24.3 Å². The Bertz CT molecular complexity index is 677. The maximum absolute atomic E-state index is 13.0. The van der Waals surface area contributed by atoms with E-state index in [2.05, 4.69) is 12.2 Å². The molecule has 1 aliphatic rings. The van der Waals surface area contributed by atoms with Gasteiger partial charge in [-0.2, -0.15) is 0 Å². The molecule has 0 spiro atoms. The van der Waals surface area contributed by atoms with Gasteiger partial charge in [-0.05, 0) is 31.0 Å². The lowest BCUT2D eigenvalue weighted by atomic mass is 10.1. The van der Waals surface area contributed by atoms with Gasteiger partial charge in [0, 0.05) is 18.7 Å². The van der Waals surface area contributed by atoms with E-state index in [1.165, 1.54) is 4.90 Å². The maximum Gasteiger partial charge on any atom is 0.308 e. The van der Waals surface area contributed by atoms with E-state index >= 15 is 0 Å². The standard InChI is InChI=1S/C21H30N2O5/c1-3-5-12-27-17-9-7-8-16(14-17)21(26)23-11-10-22-20(25)18(23)15-19(24)28-13-6-4-2/h7-9,14,18H,3-6,10-13,15H2,1-2H3,(H,22,25)/t18-/m1/s1. The maximum atomic E-state index is 13.0. The third kappa shape index (κ3) is 6.25. The molecule has 1 N–H and O–H groups in total. The second-order valence-electron chi connectivity index (χ2n) is 6.81. The molecule has 154 valence electrons. The Balaban J connectivity index is 2.07. The minimum atomic E-state index is -0.861. The van der Waals surface area contributed by atoms with E-state index < -0.39 is 12.0 Å². The summed E-state index contributed by atoms with van der Waals surface area (Å²) < 4.78 is 10.8. The predicted molar refractivity (Wildman–Crippen MR) is 105 cm³/mol. The molecule has 0 aliphatic carbocycles. The van der Waals surface area contributed by atoms with Gasteiger partial charge in [-0.15, -0.1) is 0 Å². The summed E-state index contributed by atoms with van der Waals surface area (Å²) in [6, 6.07) is 6.07. The zero-order chi connectivity index (χ0) is 20.4. The molecule has 7 nitrogen and oxygen atoms in total. The average Bonchev–Trinajstić information content (AvgIpc) is 2.70. The monoisotopic (exact) mass is 390 g/mol. The number of nitrogens with zero attached hydrogens (tertiary/aromatic N) is 1. The van der Waals surface area contributed by atoms with Gasteiger partial charge in [0.05, 0.1) is 19.6 Å². The Hall–Kier alpha value is -2.57. The fraction of sp³-hybridized carbons (Fsp3) is 0.571. The van der Waals surface area contributed by atoms with Crippen molar-refractivity contribution >= 4 is 17.8 Å². The highest BCUT2D eigenvalue weighted by Crippen LogP contribution is 2.19. The van der Waals surface area contributed by atoms with Crippen LogP contribution in [0.1, 0.15) is 56.3 Å². The Morgan fingerprint density at radius 3 is 2.68 bits per heavy atom. The fourth-order valence-corrected chi connectivity index (χ4v) is 2.93. The summed E-state index contributed by atoms with van der Waals surface area (Å²) in [5.41, 5.74) is 0.438. The molecule has 0 aromatic heterocycles. The van der Waals surface area contributed by atoms with Gasteiger partial charge in [0.25, 0.3) is 5.91 Å². The number of benzene rings is 1. The van der Waals surface area contributed by atoms with Crippen molar-refractivity contribution in [3.8, 4) is 5.75 Å². The summed E-state index contributed by atoms with van der Waals surface area (Å²) in [6.07, 6.45) is 3.51. The molecule has 2 rings (SSSR count). The highest BCUT2D eigenvalue weighted by atomic mass is 16.5. The number of nitrogens with one attached hydrogen (secondary N) is 1. The van der Waals surface area contributed by atoms with Gasteiger partial charge in [0.1, 0.15) is 11.8 Å². The molecule has 1 aliphatic heterocycles. The van der Waals surface area contributed by atoms with Crippen LogP contribution >= 0.6 is 0 Å². The van der Waals surface area contributed by atoms with Gasteiger partial charge in [0.2, 0.25) is 5.91 Å². The first-order valence-corrected chi connectivity index (χ1v) is 10.0. The van der Waals surface area contributed by atoms with Crippen LogP contribution in [0.15, 0.2) is 24.3 Å². The third-order valence-electron chi connectivity index (χ3n) is 4.56. The Morgan fingerprint density at radius 1 is 1.18 bits per heavy atom. The molecule has 1 atom stereocenters. The van der Waals surface area contributed by atoms with E-state index in [-0.39, 0.29) is 18.2 Å². The highest BCUT2D eigenvalue weighted by Gasteiger charge is 2.35. The topological polar surface area (TPSA) is 84.9 Å². The molecule has 1 aromatic carbocycles. The average molecular weight is 390 g/mol. The fourth-order valence-electron chi connectivity index (χ4n) is 2.93. The van der Waals surface area contributed by atoms with Crippen molar-refractivity contribution in [2.24, 2.45) is 0 Å². The zero-order valence-electron chi connectivity index (χ0n) is 16.7. The number of esters is 1. The summed E-state index contributed by atoms with van der Waals surface area (Å²) in [5, 5.41) is 2.72. The van der Waals surface area contributed by atoms with Gasteiger partial charge in [-0.25, -0.2) is 0 Å². The molecule has 1 aromatic rings. The quantitative estimate of drug-likeness (QED) is 0.490. The van der Waals surface area contributed by atoms with Gasteiger partial charge >= 0.3 is 5.97 Å². The van der Waals surface area contributed by atoms with E-state index in [9.17, 15) is 14.4 Å². The molecule has 0 saturated carbocycles. The summed E-state index contributed by atoms with van der Waals surface area (Å²) >= 11 is 0. The van der Waals surface area contributed by atoms with Crippen LogP contribution in [0.4, 0.5) is 0 Å². The molecule has 0 bridgehead atoms. The zero-order valence-corrected chi connectivity index (χ0v) is 16.7. The Morgan fingerprint density at radius 2 is 1.93 bits per heavy atom. The third-order valence-corrected chi connectivity index (χ3v) is 4.56. The minimum Gasteiger partial charge on any atom is -0.494 e. The smallest absolute Gasteiger partial charge is 0.308 e.